The van der Waals surface area contributed by atoms with Crippen molar-refractivity contribution >= 4 is 19.8 Å². The monoisotopic (exact) mass is 731 g/mol. The number of rotatable bonds is 36. The van der Waals surface area contributed by atoms with E-state index in [-0.39, 0.29) is 19.4 Å². The minimum atomic E-state index is -4.76. The van der Waals surface area contributed by atoms with Crippen molar-refractivity contribution in [3.8, 4) is 0 Å². The summed E-state index contributed by atoms with van der Waals surface area (Å²) in [7, 11) is -4.76. The molecular weight excluding hydrogens is 655 g/mol. The van der Waals surface area contributed by atoms with Gasteiger partial charge in [0.25, 0.3) is 0 Å². The van der Waals surface area contributed by atoms with Gasteiger partial charge >= 0.3 is 19.8 Å². The Bertz CT molecular complexity index is 903. The molecule has 1 saturated heterocycles. The molecule has 0 aromatic rings. The number of ether oxygens (including phenoxy) is 3. The van der Waals surface area contributed by atoms with Gasteiger partial charge in [-0.3, -0.25) is 14.1 Å². The van der Waals surface area contributed by atoms with E-state index in [0.29, 0.717) is 25.0 Å². The van der Waals surface area contributed by atoms with Crippen molar-refractivity contribution in [3.05, 3.63) is 12.2 Å². The lowest BCUT2D eigenvalue weighted by Gasteiger charge is -2.18. The van der Waals surface area contributed by atoms with Crippen LogP contribution in [0, 0.1) is 5.92 Å². The molecular formula is C40H75O9P. The largest absolute Gasteiger partial charge is 0.469 e. The molecule has 0 aromatic carbocycles. The summed E-state index contributed by atoms with van der Waals surface area (Å²) in [6.45, 7) is 5.98. The molecule has 3 atom stereocenters. The van der Waals surface area contributed by atoms with Crippen molar-refractivity contribution in [1.82, 2.24) is 0 Å². The van der Waals surface area contributed by atoms with Crippen LogP contribution in [0.15, 0.2) is 12.2 Å². The third-order valence-corrected chi connectivity index (χ3v) is 9.87. The Hall–Kier alpha value is -1.25. The Morgan fingerprint density at radius 3 is 1.78 bits per heavy atom. The number of allylic oxidation sites excluding steroid dienone is 1. The second-order valence-electron chi connectivity index (χ2n) is 14.8. The van der Waals surface area contributed by atoms with E-state index in [2.05, 4.69) is 37.4 Å². The number of hydrogen-bond acceptors (Lipinski definition) is 7. The molecule has 2 unspecified atom stereocenters. The first-order chi connectivity index (χ1) is 24.1. The van der Waals surface area contributed by atoms with Gasteiger partial charge in [-0.1, -0.05) is 155 Å². The summed E-state index contributed by atoms with van der Waals surface area (Å²) in [5.74, 6) is -0.0787. The Balaban J connectivity index is 2.06. The number of esters is 2. The van der Waals surface area contributed by atoms with Crippen LogP contribution >= 0.6 is 7.82 Å². The quantitative estimate of drug-likeness (QED) is 0.0212. The van der Waals surface area contributed by atoms with E-state index >= 15 is 0 Å². The molecule has 0 saturated carbocycles. The number of carbonyl (C=O) groups excluding carboxylic acids is 2. The predicted octanol–water partition coefficient (Wildman–Crippen LogP) is 11.1. The van der Waals surface area contributed by atoms with Crippen LogP contribution in [-0.2, 0) is 32.9 Å². The lowest BCUT2D eigenvalue weighted by atomic mass is 10.0. The zero-order chi connectivity index (χ0) is 36.7. The van der Waals surface area contributed by atoms with Crippen LogP contribution < -0.4 is 0 Å². The number of carbonyl (C=O) groups is 2. The molecule has 0 bridgehead atoms. The summed E-state index contributed by atoms with van der Waals surface area (Å²) < 4.78 is 32.2. The molecule has 0 spiro atoms. The highest BCUT2D eigenvalue weighted by Crippen LogP contribution is 2.36. The predicted molar refractivity (Wildman–Crippen MR) is 202 cm³/mol. The van der Waals surface area contributed by atoms with E-state index in [9.17, 15) is 14.2 Å². The van der Waals surface area contributed by atoms with Gasteiger partial charge in [-0.15, -0.1) is 0 Å². The molecule has 0 radical (unpaired) electrons. The Morgan fingerprint density at radius 1 is 0.680 bits per heavy atom. The van der Waals surface area contributed by atoms with Gasteiger partial charge in [0.15, 0.2) is 6.10 Å². The average Bonchev–Trinajstić information content (AvgIpc) is 3.82. The van der Waals surface area contributed by atoms with Gasteiger partial charge in [-0.05, 0) is 44.4 Å². The number of unbranched alkanes of at least 4 members (excludes halogenated alkanes) is 19. The van der Waals surface area contributed by atoms with Crippen molar-refractivity contribution < 1.29 is 42.7 Å². The number of phosphoric acid groups is 1. The minimum Gasteiger partial charge on any atom is -0.462 e. The molecule has 2 N–H and O–H groups in total. The summed E-state index contributed by atoms with van der Waals surface area (Å²) in [6.07, 6.45) is 33.8. The zero-order valence-electron chi connectivity index (χ0n) is 32.2. The fraction of sp³-hybridized carbons (Fsp3) is 0.900. The molecule has 1 aliphatic heterocycles. The van der Waals surface area contributed by atoms with Crippen LogP contribution in [0.25, 0.3) is 0 Å². The highest BCUT2D eigenvalue weighted by molar-refractivity contribution is 7.46. The Kier molecular flexibility index (Phi) is 29.3. The van der Waals surface area contributed by atoms with Gasteiger partial charge in [0.05, 0.1) is 18.8 Å². The highest BCUT2D eigenvalue weighted by atomic mass is 31.2. The lowest BCUT2D eigenvalue weighted by Crippen LogP contribution is -2.29. The third-order valence-electron chi connectivity index (χ3n) is 9.39. The summed E-state index contributed by atoms with van der Waals surface area (Å²) in [5.41, 5.74) is 0. The van der Waals surface area contributed by atoms with E-state index < -0.39 is 32.5 Å². The van der Waals surface area contributed by atoms with E-state index in [0.717, 1.165) is 70.1 Å². The normalized spacial score (nSPS) is 16.7. The summed E-state index contributed by atoms with van der Waals surface area (Å²) in [4.78, 5) is 42.9. The van der Waals surface area contributed by atoms with Crippen LogP contribution in [0.4, 0.5) is 0 Å². The van der Waals surface area contributed by atoms with Gasteiger partial charge in [0.2, 0.25) is 0 Å². The van der Waals surface area contributed by atoms with Crippen molar-refractivity contribution in [3.63, 3.8) is 0 Å². The molecule has 1 aliphatic rings. The van der Waals surface area contributed by atoms with Crippen LogP contribution in [0.5, 0.6) is 0 Å². The topological polar surface area (TPSA) is 132 Å². The number of hydrogen-bond donors (Lipinski definition) is 2. The van der Waals surface area contributed by atoms with Gasteiger partial charge in [-0.25, -0.2) is 4.57 Å². The maximum absolute atomic E-state index is 12.4. The molecule has 1 fully saturated rings. The van der Waals surface area contributed by atoms with Gasteiger partial charge in [0.1, 0.15) is 6.61 Å². The van der Waals surface area contributed by atoms with Crippen molar-refractivity contribution in [2.75, 3.05) is 13.2 Å². The van der Waals surface area contributed by atoms with E-state index in [1.165, 1.54) is 83.5 Å². The van der Waals surface area contributed by atoms with E-state index in [4.69, 9.17) is 24.0 Å². The van der Waals surface area contributed by atoms with Crippen LogP contribution in [0.2, 0.25) is 0 Å². The standard InChI is InChI=1S/C40H75O9P/c1-4-5-6-7-19-24-29-37-38(49-37)30-25-20-17-22-26-31-39(41)46-33-36(34-47-50(43,44)45)48-40(42)32-27-21-16-14-12-10-8-9-11-13-15-18-23-28-35(2)3/h19,24,35-38H,4-18,20-23,25-34H2,1-3H3,(H2,43,44,45)/b24-19-/t36-,37?,38?/m1/s1. The third kappa shape index (κ3) is 31.5. The second-order valence-corrected chi connectivity index (χ2v) is 16.1. The molecule has 1 heterocycles. The first-order valence-electron chi connectivity index (χ1n) is 20.5. The molecule has 0 amide bonds. The van der Waals surface area contributed by atoms with E-state index in [1.54, 1.807) is 0 Å². The van der Waals surface area contributed by atoms with Gasteiger partial charge in [0, 0.05) is 12.8 Å². The molecule has 50 heavy (non-hydrogen) atoms. The molecule has 0 aromatic heterocycles. The maximum Gasteiger partial charge on any atom is 0.469 e. The Morgan fingerprint density at radius 2 is 1.22 bits per heavy atom. The van der Waals surface area contributed by atoms with Gasteiger partial charge in [-0.2, -0.15) is 0 Å². The summed E-state index contributed by atoms with van der Waals surface area (Å²) >= 11 is 0. The fourth-order valence-electron chi connectivity index (χ4n) is 6.21. The summed E-state index contributed by atoms with van der Waals surface area (Å²) in [5, 5.41) is 0. The molecule has 294 valence electrons. The summed E-state index contributed by atoms with van der Waals surface area (Å²) in [6, 6.07) is 0. The van der Waals surface area contributed by atoms with E-state index in [1.807, 2.05) is 0 Å². The first-order valence-corrected chi connectivity index (χ1v) is 22.0. The number of phosphoric ester groups is 1. The van der Waals surface area contributed by atoms with Crippen molar-refractivity contribution in [2.45, 2.75) is 212 Å². The first kappa shape index (κ1) is 46.8. The molecule has 10 heteroatoms. The molecule has 9 nitrogen and oxygen atoms in total. The number of epoxide rings is 1. The van der Waals surface area contributed by atoms with Gasteiger partial charge < -0.3 is 24.0 Å². The zero-order valence-corrected chi connectivity index (χ0v) is 33.1. The highest BCUT2D eigenvalue weighted by Gasteiger charge is 2.36. The fourth-order valence-corrected chi connectivity index (χ4v) is 6.57. The Labute approximate surface area is 305 Å². The van der Waals surface area contributed by atoms with Crippen LogP contribution in [0.3, 0.4) is 0 Å². The van der Waals surface area contributed by atoms with Crippen molar-refractivity contribution in [1.29, 1.82) is 0 Å². The lowest BCUT2D eigenvalue weighted by molar-refractivity contribution is -0.161. The van der Waals surface area contributed by atoms with Crippen LogP contribution in [0.1, 0.15) is 194 Å². The van der Waals surface area contributed by atoms with Crippen LogP contribution in [-0.4, -0.2) is 53.3 Å². The SMILES string of the molecule is CCCCC/C=C\CC1OC1CCCCCCCC(=O)OC[C@H](COP(=O)(O)O)OC(=O)CCCCCCCCCCCCCCCC(C)C. The van der Waals surface area contributed by atoms with Crippen molar-refractivity contribution in [2.24, 2.45) is 5.92 Å². The molecule has 0 aliphatic carbocycles. The maximum atomic E-state index is 12.4. The molecule has 1 rings (SSSR count). The average molecular weight is 731 g/mol. The smallest absolute Gasteiger partial charge is 0.462 e. The minimum absolute atomic E-state index is 0.210. The second kappa shape index (κ2) is 31.3.